The molecular formula is C22H26N4O. The van der Waals surface area contributed by atoms with Crippen LogP contribution in [0.2, 0.25) is 0 Å². The quantitative estimate of drug-likeness (QED) is 0.620. The summed E-state index contributed by atoms with van der Waals surface area (Å²) in [6, 6.07) is 10.6. The van der Waals surface area contributed by atoms with Crippen LogP contribution in [0.25, 0.3) is 17.1 Å². The Morgan fingerprint density at radius 3 is 2.15 bits per heavy atom. The summed E-state index contributed by atoms with van der Waals surface area (Å²) in [7, 11) is 0. The minimum absolute atomic E-state index is 0.109. The van der Waals surface area contributed by atoms with Gasteiger partial charge in [-0.1, -0.05) is 65.8 Å². The summed E-state index contributed by atoms with van der Waals surface area (Å²) in [5.41, 5.74) is 4.27. The first kappa shape index (κ1) is 18.9. The van der Waals surface area contributed by atoms with Crippen LogP contribution in [0, 0.1) is 18.3 Å². The summed E-state index contributed by atoms with van der Waals surface area (Å²) >= 11 is 0. The molecule has 1 aromatic carbocycles. The number of aryl methyl sites for hydroxylation is 1. The maximum Gasteiger partial charge on any atom is 0.259 e. The van der Waals surface area contributed by atoms with E-state index in [1.54, 1.807) is 4.68 Å². The molecule has 5 heteroatoms. The van der Waals surface area contributed by atoms with Crippen molar-refractivity contribution in [2.75, 3.05) is 0 Å². The van der Waals surface area contributed by atoms with Crippen LogP contribution in [0.5, 0.6) is 0 Å². The SMILES string of the molecule is Cc1cn(-c2oc(C(C)(C)C)nc2C#N)nc1-c1ccc(C(C)(C)C)cc1. The molecule has 0 unspecified atom stereocenters. The van der Waals surface area contributed by atoms with E-state index < -0.39 is 0 Å². The van der Waals surface area contributed by atoms with Gasteiger partial charge in [0.2, 0.25) is 11.6 Å². The molecule has 0 aliphatic heterocycles. The zero-order valence-electron chi connectivity index (χ0n) is 17.1. The van der Waals surface area contributed by atoms with Gasteiger partial charge in [0.05, 0.1) is 5.69 Å². The molecule has 0 fully saturated rings. The fourth-order valence-corrected chi connectivity index (χ4v) is 2.84. The number of nitrogens with zero attached hydrogens (tertiary/aromatic N) is 4. The molecule has 3 aromatic rings. The van der Waals surface area contributed by atoms with Crippen molar-refractivity contribution in [2.45, 2.75) is 59.3 Å². The summed E-state index contributed by atoms with van der Waals surface area (Å²) in [6.07, 6.45) is 1.88. The van der Waals surface area contributed by atoms with Gasteiger partial charge in [-0.2, -0.15) is 15.3 Å². The number of aromatic nitrogens is 3. The molecule has 3 rings (SSSR count). The second-order valence-corrected chi connectivity index (χ2v) is 8.97. The molecule has 0 saturated heterocycles. The van der Waals surface area contributed by atoms with Crippen molar-refractivity contribution in [3.8, 4) is 23.2 Å². The minimum atomic E-state index is -0.280. The lowest BCUT2D eigenvalue weighted by molar-refractivity contribution is 0.381. The molecule has 0 bridgehead atoms. The molecule has 5 nitrogen and oxygen atoms in total. The first-order valence-corrected chi connectivity index (χ1v) is 9.09. The molecule has 0 N–H and O–H groups in total. The van der Waals surface area contributed by atoms with Gasteiger partial charge in [0.25, 0.3) is 5.88 Å². The van der Waals surface area contributed by atoms with Crippen LogP contribution in [-0.2, 0) is 10.8 Å². The zero-order chi connectivity index (χ0) is 20.0. The van der Waals surface area contributed by atoms with E-state index in [4.69, 9.17) is 4.42 Å². The number of oxazole rings is 1. The van der Waals surface area contributed by atoms with Gasteiger partial charge in [-0.25, -0.2) is 4.68 Å². The third-order valence-electron chi connectivity index (χ3n) is 4.49. The number of nitriles is 1. The Balaban J connectivity index is 2.03. The Morgan fingerprint density at radius 1 is 1.00 bits per heavy atom. The van der Waals surface area contributed by atoms with Crippen molar-refractivity contribution in [1.29, 1.82) is 5.26 Å². The molecule has 0 aliphatic rings. The molecule has 27 heavy (non-hydrogen) atoms. The van der Waals surface area contributed by atoms with Gasteiger partial charge in [-0.15, -0.1) is 0 Å². The highest BCUT2D eigenvalue weighted by molar-refractivity contribution is 5.63. The van der Waals surface area contributed by atoms with Crippen molar-refractivity contribution in [3.63, 3.8) is 0 Å². The van der Waals surface area contributed by atoms with E-state index in [1.807, 2.05) is 33.9 Å². The smallest absolute Gasteiger partial charge is 0.259 e. The fourth-order valence-electron chi connectivity index (χ4n) is 2.84. The maximum absolute atomic E-state index is 9.45. The Morgan fingerprint density at radius 2 is 1.63 bits per heavy atom. The van der Waals surface area contributed by atoms with E-state index in [0.29, 0.717) is 11.8 Å². The van der Waals surface area contributed by atoms with Gasteiger partial charge in [0.1, 0.15) is 6.07 Å². The van der Waals surface area contributed by atoms with E-state index in [2.05, 4.69) is 61.2 Å². The van der Waals surface area contributed by atoms with Crippen molar-refractivity contribution in [3.05, 3.63) is 53.2 Å². The van der Waals surface area contributed by atoms with Gasteiger partial charge in [0.15, 0.2) is 0 Å². The molecule has 0 spiro atoms. The first-order valence-electron chi connectivity index (χ1n) is 9.09. The summed E-state index contributed by atoms with van der Waals surface area (Å²) in [6.45, 7) is 14.6. The predicted octanol–water partition coefficient (Wildman–Crippen LogP) is 5.30. The predicted molar refractivity (Wildman–Crippen MR) is 106 cm³/mol. The average Bonchev–Trinajstić information content (AvgIpc) is 3.17. The molecule has 0 radical (unpaired) electrons. The second kappa shape index (κ2) is 6.38. The molecule has 2 heterocycles. The third-order valence-corrected chi connectivity index (χ3v) is 4.49. The van der Waals surface area contributed by atoms with Crippen LogP contribution in [0.3, 0.4) is 0 Å². The van der Waals surface area contributed by atoms with Crippen LogP contribution in [0.4, 0.5) is 0 Å². The van der Waals surface area contributed by atoms with Crippen LogP contribution >= 0.6 is 0 Å². The monoisotopic (exact) mass is 362 g/mol. The van der Waals surface area contributed by atoms with E-state index >= 15 is 0 Å². The minimum Gasteiger partial charge on any atom is -0.421 e. The lowest BCUT2D eigenvalue weighted by Crippen LogP contribution is -2.11. The van der Waals surface area contributed by atoms with Crippen LogP contribution in [-0.4, -0.2) is 14.8 Å². The molecule has 0 aliphatic carbocycles. The number of hydrogen-bond donors (Lipinski definition) is 0. The van der Waals surface area contributed by atoms with Crippen molar-refractivity contribution >= 4 is 0 Å². The largest absolute Gasteiger partial charge is 0.421 e. The van der Waals surface area contributed by atoms with E-state index in [9.17, 15) is 5.26 Å². The third kappa shape index (κ3) is 3.66. The van der Waals surface area contributed by atoms with E-state index in [0.717, 1.165) is 16.8 Å². The molecule has 0 saturated carbocycles. The normalized spacial score (nSPS) is 12.2. The Labute approximate surface area is 160 Å². The highest BCUT2D eigenvalue weighted by Gasteiger charge is 2.25. The lowest BCUT2D eigenvalue weighted by Gasteiger charge is -2.19. The average molecular weight is 362 g/mol. The first-order chi connectivity index (χ1) is 12.5. The van der Waals surface area contributed by atoms with E-state index in [1.165, 1.54) is 5.56 Å². The topological polar surface area (TPSA) is 67.6 Å². The Hall–Kier alpha value is -2.87. The maximum atomic E-state index is 9.45. The van der Waals surface area contributed by atoms with Crippen LogP contribution < -0.4 is 0 Å². The van der Waals surface area contributed by atoms with Gasteiger partial charge in [0, 0.05) is 17.2 Å². The molecule has 0 amide bonds. The molecule has 140 valence electrons. The van der Waals surface area contributed by atoms with Gasteiger partial charge < -0.3 is 4.42 Å². The molecular weight excluding hydrogens is 336 g/mol. The number of hydrogen-bond acceptors (Lipinski definition) is 4. The number of rotatable bonds is 2. The van der Waals surface area contributed by atoms with Gasteiger partial charge in [-0.05, 0) is 23.5 Å². The summed E-state index contributed by atoms with van der Waals surface area (Å²) in [5.74, 6) is 0.890. The zero-order valence-corrected chi connectivity index (χ0v) is 17.1. The van der Waals surface area contributed by atoms with Crippen LogP contribution in [0.15, 0.2) is 34.9 Å². The summed E-state index contributed by atoms with van der Waals surface area (Å²) in [5, 5.41) is 14.1. The fraction of sp³-hybridized carbons (Fsp3) is 0.409. The van der Waals surface area contributed by atoms with Gasteiger partial charge in [-0.3, -0.25) is 0 Å². The second-order valence-electron chi connectivity index (χ2n) is 8.97. The molecule has 2 aromatic heterocycles. The van der Waals surface area contributed by atoms with Crippen molar-refractivity contribution < 1.29 is 4.42 Å². The van der Waals surface area contributed by atoms with Crippen LogP contribution in [0.1, 0.15) is 64.3 Å². The summed E-state index contributed by atoms with van der Waals surface area (Å²) in [4.78, 5) is 4.34. The Kier molecular flexibility index (Phi) is 4.47. The standard InChI is InChI=1S/C22H26N4O/c1-14-13-26(19-17(12-23)24-20(27-19)22(5,6)7)25-18(14)15-8-10-16(11-9-15)21(2,3)4/h8-11,13H,1-7H3. The Bertz CT molecular complexity index is 1000. The molecule has 0 atom stereocenters. The lowest BCUT2D eigenvalue weighted by atomic mass is 9.86. The van der Waals surface area contributed by atoms with Crippen molar-refractivity contribution in [2.24, 2.45) is 0 Å². The van der Waals surface area contributed by atoms with Gasteiger partial charge >= 0.3 is 0 Å². The van der Waals surface area contributed by atoms with Crippen molar-refractivity contribution in [1.82, 2.24) is 14.8 Å². The number of benzene rings is 1. The summed E-state index contributed by atoms with van der Waals surface area (Å²) < 4.78 is 7.51. The highest BCUT2D eigenvalue weighted by atomic mass is 16.4. The highest BCUT2D eigenvalue weighted by Crippen LogP contribution is 2.30. The van der Waals surface area contributed by atoms with E-state index in [-0.39, 0.29) is 16.5 Å².